The number of rotatable bonds is 6. The number of carbonyl (C=O) groups excluding carboxylic acids is 1. The van der Waals surface area contributed by atoms with Crippen molar-refractivity contribution in [2.75, 3.05) is 45.9 Å². The second kappa shape index (κ2) is 8.45. The first kappa shape index (κ1) is 15.4. The van der Waals surface area contributed by atoms with Gasteiger partial charge >= 0.3 is 5.97 Å². The van der Waals surface area contributed by atoms with Crippen molar-refractivity contribution in [3.8, 4) is 0 Å². The van der Waals surface area contributed by atoms with E-state index in [4.69, 9.17) is 9.84 Å². The Morgan fingerprint density at radius 3 is 2.78 bits per heavy atom. The molecule has 0 bridgehead atoms. The highest BCUT2D eigenvalue weighted by atomic mass is 16.5. The molecule has 1 unspecified atom stereocenters. The molecule has 0 aromatic carbocycles. The minimum atomic E-state index is -0.110. The van der Waals surface area contributed by atoms with Crippen LogP contribution in [-0.2, 0) is 9.53 Å². The van der Waals surface area contributed by atoms with Gasteiger partial charge in [0.05, 0.1) is 19.6 Å². The number of nitrogens with zero attached hydrogens (tertiary/aromatic N) is 2. The third kappa shape index (κ3) is 5.33. The maximum absolute atomic E-state index is 11.5. The number of hydrogen-bond acceptors (Lipinski definition) is 5. The molecule has 1 atom stereocenters. The summed E-state index contributed by atoms with van der Waals surface area (Å²) >= 11 is 0. The van der Waals surface area contributed by atoms with Crippen LogP contribution in [0.2, 0.25) is 0 Å². The Morgan fingerprint density at radius 2 is 2.11 bits per heavy atom. The Labute approximate surface area is 110 Å². The molecule has 1 aliphatic heterocycles. The molecule has 0 aromatic rings. The lowest BCUT2D eigenvalue weighted by Crippen LogP contribution is -2.38. The standard InChI is InChI=1S/C13H26N2O3/c1-3-18-13(17)11-12(2)15-6-4-5-14(7-8-15)9-10-16/h12,16H,3-11H2,1-2H3. The van der Waals surface area contributed by atoms with E-state index < -0.39 is 0 Å². The zero-order chi connectivity index (χ0) is 13.4. The third-order valence-corrected chi connectivity index (χ3v) is 3.43. The van der Waals surface area contributed by atoms with E-state index in [1.807, 2.05) is 6.92 Å². The maximum atomic E-state index is 11.5. The molecule has 106 valence electrons. The van der Waals surface area contributed by atoms with Gasteiger partial charge in [-0.3, -0.25) is 14.6 Å². The van der Waals surface area contributed by atoms with E-state index in [9.17, 15) is 4.79 Å². The normalized spacial score (nSPS) is 20.4. The predicted octanol–water partition coefficient (Wildman–Crippen LogP) is 0.328. The Hall–Kier alpha value is -0.650. The third-order valence-electron chi connectivity index (χ3n) is 3.43. The number of ether oxygens (including phenoxy) is 1. The average molecular weight is 258 g/mol. The van der Waals surface area contributed by atoms with E-state index in [1.165, 1.54) is 0 Å². The van der Waals surface area contributed by atoms with E-state index >= 15 is 0 Å². The molecular formula is C13H26N2O3. The number of hydrogen-bond donors (Lipinski definition) is 1. The molecule has 18 heavy (non-hydrogen) atoms. The summed E-state index contributed by atoms with van der Waals surface area (Å²) in [4.78, 5) is 16.1. The Balaban J connectivity index is 2.35. The van der Waals surface area contributed by atoms with Gasteiger partial charge in [-0.15, -0.1) is 0 Å². The van der Waals surface area contributed by atoms with Crippen LogP contribution in [0.4, 0.5) is 0 Å². The SMILES string of the molecule is CCOC(=O)CC(C)N1CCCN(CCO)CC1. The van der Waals surface area contributed by atoms with Gasteiger partial charge in [0, 0.05) is 25.7 Å². The number of carbonyl (C=O) groups is 1. The van der Waals surface area contributed by atoms with Gasteiger partial charge in [-0.05, 0) is 33.4 Å². The van der Waals surface area contributed by atoms with E-state index in [-0.39, 0.29) is 18.6 Å². The van der Waals surface area contributed by atoms with Crippen molar-refractivity contribution >= 4 is 5.97 Å². The first-order valence-corrected chi connectivity index (χ1v) is 6.90. The molecule has 1 aliphatic rings. The highest BCUT2D eigenvalue weighted by Gasteiger charge is 2.21. The quantitative estimate of drug-likeness (QED) is 0.696. The number of esters is 1. The molecule has 0 radical (unpaired) electrons. The smallest absolute Gasteiger partial charge is 0.307 e. The Morgan fingerprint density at radius 1 is 1.33 bits per heavy atom. The molecule has 0 spiro atoms. The van der Waals surface area contributed by atoms with Gasteiger partial charge < -0.3 is 9.84 Å². The molecule has 1 N–H and O–H groups in total. The molecule has 1 rings (SSSR count). The van der Waals surface area contributed by atoms with Crippen molar-refractivity contribution in [3.05, 3.63) is 0 Å². The zero-order valence-corrected chi connectivity index (χ0v) is 11.6. The molecule has 1 heterocycles. The first-order chi connectivity index (χ1) is 8.67. The van der Waals surface area contributed by atoms with E-state index in [1.54, 1.807) is 0 Å². The lowest BCUT2D eigenvalue weighted by Gasteiger charge is -2.27. The summed E-state index contributed by atoms with van der Waals surface area (Å²) < 4.78 is 4.99. The van der Waals surface area contributed by atoms with Gasteiger partial charge in [-0.2, -0.15) is 0 Å². The fourth-order valence-electron chi connectivity index (χ4n) is 2.39. The summed E-state index contributed by atoms with van der Waals surface area (Å²) in [6, 6.07) is 0.234. The summed E-state index contributed by atoms with van der Waals surface area (Å²) in [5, 5.41) is 8.95. The predicted molar refractivity (Wildman–Crippen MR) is 70.4 cm³/mol. The van der Waals surface area contributed by atoms with Gasteiger partial charge in [-0.1, -0.05) is 0 Å². The van der Waals surface area contributed by atoms with Crippen molar-refractivity contribution in [1.82, 2.24) is 9.80 Å². The molecule has 0 aromatic heterocycles. The largest absolute Gasteiger partial charge is 0.466 e. The van der Waals surface area contributed by atoms with E-state index in [0.717, 1.165) is 39.1 Å². The second-order valence-corrected chi connectivity index (χ2v) is 4.81. The van der Waals surface area contributed by atoms with Crippen molar-refractivity contribution < 1.29 is 14.6 Å². The lowest BCUT2D eigenvalue weighted by molar-refractivity contribution is -0.144. The van der Waals surface area contributed by atoms with Crippen LogP contribution < -0.4 is 0 Å². The van der Waals surface area contributed by atoms with Crippen LogP contribution in [-0.4, -0.2) is 72.9 Å². The zero-order valence-electron chi connectivity index (χ0n) is 11.6. The summed E-state index contributed by atoms with van der Waals surface area (Å²) in [6.45, 7) is 9.31. The highest BCUT2D eigenvalue weighted by Crippen LogP contribution is 2.10. The van der Waals surface area contributed by atoms with Gasteiger partial charge in [-0.25, -0.2) is 0 Å². The maximum Gasteiger partial charge on any atom is 0.307 e. The fraction of sp³-hybridized carbons (Fsp3) is 0.923. The molecular weight excluding hydrogens is 232 g/mol. The molecule has 1 saturated heterocycles. The minimum absolute atomic E-state index is 0.110. The molecule has 0 saturated carbocycles. The molecule has 0 amide bonds. The summed E-state index contributed by atoms with van der Waals surface area (Å²) in [5.74, 6) is -0.110. The highest BCUT2D eigenvalue weighted by molar-refractivity contribution is 5.70. The second-order valence-electron chi connectivity index (χ2n) is 4.81. The van der Waals surface area contributed by atoms with Crippen molar-refractivity contribution in [2.45, 2.75) is 32.7 Å². The molecule has 5 heteroatoms. The fourth-order valence-corrected chi connectivity index (χ4v) is 2.39. The summed E-state index contributed by atoms with van der Waals surface area (Å²) in [7, 11) is 0. The van der Waals surface area contributed by atoms with Crippen LogP contribution in [0.15, 0.2) is 0 Å². The first-order valence-electron chi connectivity index (χ1n) is 6.90. The molecule has 5 nitrogen and oxygen atoms in total. The van der Waals surface area contributed by atoms with Gasteiger partial charge in [0.15, 0.2) is 0 Å². The molecule has 0 aliphatic carbocycles. The van der Waals surface area contributed by atoms with E-state index in [0.29, 0.717) is 13.0 Å². The summed E-state index contributed by atoms with van der Waals surface area (Å²) in [6.07, 6.45) is 1.56. The summed E-state index contributed by atoms with van der Waals surface area (Å²) in [5.41, 5.74) is 0. The van der Waals surface area contributed by atoms with Gasteiger partial charge in [0.2, 0.25) is 0 Å². The molecule has 1 fully saturated rings. The van der Waals surface area contributed by atoms with Crippen LogP contribution in [0.25, 0.3) is 0 Å². The topological polar surface area (TPSA) is 53.0 Å². The Kier molecular flexibility index (Phi) is 7.23. The lowest BCUT2D eigenvalue weighted by atomic mass is 10.2. The van der Waals surface area contributed by atoms with Crippen molar-refractivity contribution in [3.63, 3.8) is 0 Å². The van der Waals surface area contributed by atoms with Crippen LogP contribution in [0.1, 0.15) is 26.7 Å². The van der Waals surface area contributed by atoms with Gasteiger partial charge in [0.1, 0.15) is 0 Å². The Bertz CT molecular complexity index is 248. The van der Waals surface area contributed by atoms with Crippen LogP contribution in [0.5, 0.6) is 0 Å². The number of aliphatic hydroxyl groups excluding tert-OH is 1. The number of β-amino-alcohol motifs (C(OH)–C–C–N with tert-alkyl or cyclic N) is 1. The minimum Gasteiger partial charge on any atom is -0.466 e. The monoisotopic (exact) mass is 258 g/mol. The van der Waals surface area contributed by atoms with Crippen LogP contribution >= 0.6 is 0 Å². The van der Waals surface area contributed by atoms with Crippen molar-refractivity contribution in [2.24, 2.45) is 0 Å². The average Bonchev–Trinajstić information content (AvgIpc) is 2.55. The van der Waals surface area contributed by atoms with Crippen molar-refractivity contribution in [1.29, 1.82) is 0 Å². The number of aliphatic hydroxyl groups is 1. The van der Waals surface area contributed by atoms with Crippen LogP contribution in [0, 0.1) is 0 Å². The van der Waals surface area contributed by atoms with E-state index in [2.05, 4.69) is 16.7 Å². The van der Waals surface area contributed by atoms with Crippen LogP contribution in [0.3, 0.4) is 0 Å². The van der Waals surface area contributed by atoms with Gasteiger partial charge in [0.25, 0.3) is 0 Å².